The molecule has 1 N–H and O–H groups in total. The third-order valence-electron chi connectivity index (χ3n) is 5.09. The minimum atomic E-state index is 0. The van der Waals surface area contributed by atoms with Crippen molar-refractivity contribution in [2.75, 3.05) is 31.9 Å². The van der Waals surface area contributed by atoms with Crippen molar-refractivity contribution in [2.24, 2.45) is 10.9 Å². The highest BCUT2D eigenvalue weighted by molar-refractivity contribution is 14.0. The molecule has 1 aromatic carbocycles. The first-order valence-electron chi connectivity index (χ1n) is 10.3. The molecule has 0 spiro atoms. The van der Waals surface area contributed by atoms with Crippen LogP contribution in [-0.2, 0) is 13.0 Å². The van der Waals surface area contributed by atoms with E-state index in [1.54, 1.807) is 6.33 Å². The highest BCUT2D eigenvalue weighted by atomic mass is 127. The van der Waals surface area contributed by atoms with Crippen molar-refractivity contribution in [3.8, 4) is 0 Å². The number of hydrogen-bond acceptors (Lipinski definition) is 4. The molecule has 0 saturated carbocycles. The number of aryl methyl sites for hydroxylation is 1. The van der Waals surface area contributed by atoms with Crippen molar-refractivity contribution in [2.45, 2.75) is 44.6 Å². The molecule has 3 rings (SSSR count). The van der Waals surface area contributed by atoms with Gasteiger partial charge in [-0.1, -0.05) is 32.0 Å². The van der Waals surface area contributed by atoms with Crippen LogP contribution in [0.3, 0.4) is 0 Å². The van der Waals surface area contributed by atoms with E-state index in [2.05, 4.69) is 69.2 Å². The first-order valence-corrected chi connectivity index (χ1v) is 11.3. The Labute approximate surface area is 196 Å². The van der Waals surface area contributed by atoms with Crippen LogP contribution < -0.4 is 5.32 Å². The lowest BCUT2D eigenvalue weighted by molar-refractivity contribution is 0.273. The van der Waals surface area contributed by atoms with Crippen LogP contribution in [0.4, 0.5) is 0 Å². The average molecular weight is 529 g/mol. The van der Waals surface area contributed by atoms with Gasteiger partial charge in [0.25, 0.3) is 0 Å². The van der Waals surface area contributed by atoms with Gasteiger partial charge in [-0.05, 0) is 30.9 Å². The summed E-state index contributed by atoms with van der Waals surface area (Å²) in [6.45, 7) is 9.11. The van der Waals surface area contributed by atoms with E-state index >= 15 is 0 Å². The predicted octanol–water partition coefficient (Wildman–Crippen LogP) is 3.93. The van der Waals surface area contributed by atoms with Crippen molar-refractivity contribution >= 4 is 41.7 Å². The number of aliphatic imine (C=N–C) groups is 1. The van der Waals surface area contributed by atoms with Gasteiger partial charge in [0.15, 0.2) is 5.96 Å². The van der Waals surface area contributed by atoms with Crippen molar-refractivity contribution in [1.82, 2.24) is 25.0 Å². The van der Waals surface area contributed by atoms with Crippen LogP contribution >= 0.6 is 35.7 Å². The van der Waals surface area contributed by atoms with Gasteiger partial charge in [0, 0.05) is 43.2 Å². The Morgan fingerprint density at radius 1 is 1.24 bits per heavy atom. The molecule has 6 nitrogen and oxygen atoms in total. The summed E-state index contributed by atoms with van der Waals surface area (Å²) in [6, 6.07) is 10.6. The Balaban J connectivity index is 0.00000300. The maximum atomic E-state index is 4.91. The molecule has 0 radical (unpaired) electrons. The molecular formula is C21H33IN6S. The molecule has 2 aromatic rings. The van der Waals surface area contributed by atoms with Crippen molar-refractivity contribution in [1.29, 1.82) is 0 Å². The minimum absolute atomic E-state index is 0. The van der Waals surface area contributed by atoms with E-state index in [0.29, 0.717) is 0 Å². The maximum Gasteiger partial charge on any atom is 0.194 e. The first kappa shape index (κ1) is 24.0. The van der Waals surface area contributed by atoms with Crippen LogP contribution in [-0.4, -0.2) is 57.6 Å². The van der Waals surface area contributed by atoms with Crippen LogP contribution in [0.5, 0.6) is 0 Å². The van der Waals surface area contributed by atoms with Gasteiger partial charge in [-0.25, -0.2) is 0 Å². The number of hydrogen-bond donors (Lipinski definition) is 1. The molecule has 0 atom stereocenters. The van der Waals surface area contributed by atoms with E-state index < -0.39 is 0 Å². The molecule has 1 fully saturated rings. The number of rotatable bonds is 8. The number of aromatic nitrogens is 3. The number of guanidine groups is 1. The Kier molecular flexibility index (Phi) is 10.8. The van der Waals surface area contributed by atoms with Gasteiger partial charge in [-0.2, -0.15) is 0 Å². The number of thioether (sulfide) groups is 1. The van der Waals surface area contributed by atoms with E-state index in [4.69, 9.17) is 4.99 Å². The van der Waals surface area contributed by atoms with Crippen molar-refractivity contribution < 1.29 is 0 Å². The quantitative estimate of drug-likeness (QED) is 0.185. The normalized spacial score (nSPS) is 15.2. The largest absolute Gasteiger partial charge is 0.355 e. The van der Waals surface area contributed by atoms with Gasteiger partial charge >= 0.3 is 0 Å². The van der Waals surface area contributed by atoms with Crippen LogP contribution in [0, 0.1) is 5.92 Å². The molecule has 1 aromatic heterocycles. The van der Waals surface area contributed by atoms with Crippen molar-refractivity contribution in [3.05, 3.63) is 42.5 Å². The fourth-order valence-electron chi connectivity index (χ4n) is 3.34. The van der Waals surface area contributed by atoms with E-state index in [9.17, 15) is 0 Å². The van der Waals surface area contributed by atoms with Gasteiger partial charge in [0.1, 0.15) is 12.2 Å². The van der Waals surface area contributed by atoms with Crippen LogP contribution in [0.15, 0.2) is 46.5 Å². The Morgan fingerprint density at radius 2 is 2.00 bits per heavy atom. The summed E-state index contributed by atoms with van der Waals surface area (Å²) in [5, 5.41) is 11.8. The zero-order chi connectivity index (χ0) is 19.6. The van der Waals surface area contributed by atoms with Gasteiger partial charge in [0.2, 0.25) is 0 Å². The summed E-state index contributed by atoms with van der Waals surface area (Å²) in [6.07, 6.45) is 5.19. The molecule has 1 aliphatic rings. The highest BCUT2D eigenvalue weighted by Crippen LogP contribution is 2.17. The van der Waals surface area contributed by atoms with Gasteiger partial charge in [-0.15, -0.1) is 45.9 Å². The first-order chi connectivity index (χ1) is 13.8. The third kappa shape index (κ3) is 7.81. The summed E-state index contributed by atoms with van der Waals surface area (Å²) in [4.78, 5) is 8.64. The molecule has 29 heavy (non-hydrogen) atoms. The van der Waals surface area contributed by atoms with Gasteiger partial charge < -0.3 is 14.8 Å². The number of halogens is 1. The molecule has 1 aliphatic heterocycles. The predicted molar refractivity (Wildman–Crippen MR) is 132 cm³/mol. The fourth-order valence-corrected chi connectivity index (χ4v) is 4.13. The van der Waals surface area contributed by atoms with Gasteiger partial charge in [0.05, 0.1) is 6.54 Å². The summed E-state index contributed by atoms with van der Waals surface area (Å²) >= 11 is 1.88. The molecule has 1 saturated heterocycles. The van der Waals surface area contributed by atoms with Crippen molar-refractivity contribution in [3.63, 3.8) is 0 Å². The monoisotopic (exact) mass is 528 g/mol. The zero-order valence-electron chi connectivity index (χ0n) is 17.5. The smallest absolute Gasteiger partial charge is 0.194 e. The second-order valence-corrected chi connectivity index (χ2v) is 8.43. The fraction of sp³-hybridized carbons (Fsp3) is 0.571. The molecule has 8 heteroatoms. The van der Waals surface area contributed by atoms with E-state index in [1.165, 1.54) is 17.7 Å². The summed E-state index contributed by atoms with van der Waals surface area (Å²) in [5.74, 6) is 3.91. The second-order valence-electron chi connectivity index (χ2n) is 7.26. The lowest BCUT2D eigenvalue weighted by atomic mass is 10.00. The van der Waals surface area contributed by atoms with Crippen LogP contribution in [0.2, 0.25) is 0 Å². The SMILES string of the molecule is CCc1nncn1CCN=C(NCCSc1ccccc1)N1CCC(C)CC1.I. The molecule has 0 bridgehead atoms. The van der Waals surface area contributed by atoms with E-state index in [-0.39, 0.29) is 24.0 Å². The number of nitrogens with one attached hydrogen (secondary N) is 1. The Morgan fingerprint density at radius 3 is 2.72 bits per heavy atom. The van der Waals surface area contributed by atoms with Gasteiger partial charge in [-0.3, -0.25) is 4.99 Å². The number of piperidine rings is 1. The molecule has 0 aliphatic carbocycles. The topological polar surface area (TPSA) is 58.3 Å². The Bertz CT molecular complexity index is 728. The zero-order valence-corrected chi connectivity index (χ0v) is 20.6. The average Bonchev–Trinajstić information content (AvgIpc) is 3.19. The third-order valence-corrected chi connectivity index (χ3v) is 6.11. The molecule has 0 amide bonds. The highest BCUT2D eigenvalue weighted by Gasteiger charge is 2.18. The number of benzene rings is 1. The number of nitrogens with zero attached hydrogens (tertiary/aromatic N) is 5. The molecule has 0 unspecified atom stereocenters. The summed E-state index contributed by atoms with van der Waals surface area (Å²) in [5.41, 5.74) is 0. The van der Waals surface area contributed by atoms with E-state index in [0.717, 1.165) is 62.6 Å². The molecular weight excluding hydrogens is 495 g/mol. The maximum absolute atomic E-state index is 4.91. The summed E-state index contributed by atoms with van der Waals surface area (Å²) < 4.78 is 2.10. The molecule has 160 valence electrons. The minimum Gasteiger partial charge on any atom is -0.355 e. The standard InChI is InChI=1S/C21H32N6S.HI/c1-3-20-25-24-17-27(20)15-11-22-21(26-13-9-18(2)10-14-26)23-12-16-28-19-7-5-4-6-8-19;/h4-8,17-18H,3,9-16H2,1-2H3,(H,22,23);1H. The number of likely N-dealkylation sites (tertiary alicyclic amines) is 1. The Hall–Kier alpha value is -1.29. The van der Waals surface area contributed by atoms with Crippen LogP contribution in [0.25, 0.3) is 0 Å². The second kappa shape index (κ2) is 13.1. The lowest BCUT2D eigenvalue weighted by Crippen LogP contribution is -2.46. The molecule has 2 heterocycles. The summed E-state index contributed by atoms with van der Waals surface area (Å²) in [7, 11) is 0. The van der Waals surface area contributed by atoms with E-state index in [1.807, 2.05) is 11.8 Å². The lowest BCUT2D eigenvalue weighted by Gasteiger charge is -2.33. The van der Waals surface area contributed by atoms with Crippen LogP contribution in [0.1, 0.15) is 32.5 Å².